The van der Waals surface area contributed by atoms with E-state index in [-0.39, 0.29) is 12.3 Å². The van der Waals surface area contributed by atoms with Crippen LogP contribution in [0, 0.1) is 10.1 Å². The Balaban J connectivity index is 2.15. The van der Waals surface area contributed by atoms with Crippen molar-refractivity contribution in [3.05, 3.63) is 68.7 Å². The molecule has 2 aromatic rings. The van der Waals surface area contributed by atoms with E-state index in [2.05, 4.69) is 0 Å². The molecular weight excluding hydrogens is 301 g/mol. The molecule has 0 bridgehead atoms. The Bertz CT molecular complexity index is 632. The molecular formula is C14H11Cl2NO3. The maximum absolute atomic E-state index is 10.9. The molecule has 0 saturated carbocycles. The van der Waals surface area contributed by atoms with Gasteiger partial charge in [0.25, 0.3) is 5.69 Å². The van der Waals surface area contributed by atoms with E-state index in [1.54, 1.807) is 36.4 Å². The van der Waals surface area contributed by atoms with Gasteiger partial charge in [-0.3, -0.25) is 10.1 Å². The number of alkyl halides is 1. The zero-order valence-corrected chi connectivity index (χ0v) is 11.9. The van der Waals surface area contributed by atoms with Crippen LogP contribution in [0.2, 0.25) is 5.02 Å². The Morgan fingerprint density at radius 1 is 1.20 bits per heavy atom. The molecule has 2 rings (SSSR count). The second-order valence-corrected chi connectivity index (χ2v) is 4.75. The quantitative estimate of drug-likeness (QED) is 0.462. The normalized spacial score (nSPS) is 10.3. The van der Waals surface area contributed by atoms with Crippen molar-refractivity contribution in [3.63, 3.8) is 0 Å². The number of benzene rings is 2. The molecule has 0 atom stereocenters. The number of nitro benzene ring substituents is 1. The van der Waals surface area contributed by atoms with E-state index < -0.39 is 4.92 Å². The molecule has 20 heavy (non-hydrogen) atoms. The van der Waals surface area contributed by atoms with Gasteiger partial charge in [-0.05, 0) is 23.8 Å². The lowest BCUT2D eigenvalue weighted by molar-refractivity contribution is -0.385. The number of nitro groups is 1. The third kappa shape index (κ3) is 3.40. The van der Waals surface area contributed by atoms with Crippen LogP contribution in [0.25, 0.3) is 0 Å². The van der Waals surface area contributed by atoms with E-state index in [9.17, 15) is 10.1 Å². The Labute approximate surface area is 126 Å². The van der Waals surface area contributed by atoms with E-state index in [0.717, 1.165) is 5.56 Å². The fraction of sp³-hybridized carbons (Fsp3) is 0.143. The predicted octanol–water partition coefficient (Wildman–Crippen LogP) is 4.57. The first kappa shape index (κ1) is 14.6. The summed E-state index contributed by atoms with van der Waals surface area (Å²) in [5.41, 5.74) is 1.41. The highest BCUT2D eigenvalue weighted by atomic mass is 35.5. The summed E-state index contributed by atoms with van der Waals surface area (Å²) in [6.07, 6.45) is 0. The first-order valence-electron chi connectivity index (χ1n) is 5.81. The van der Waals surface area contributed by atoms with Crippen LogP contribution in [0.5, 0.6) is 5.75 Å². The van der Waals surface area contributed by atoms with Crippen LogP contribution in [-0.2, 0) is 12.5 Å². The second kappa shape index (κ2) is 6.59. The van der Waals surface area contributed by atoms with E-state index >= 15 is 0 Å². The Morgan fingerprint density at radius 3 is 2.60 bits per heavy atom. The van der Waals surface area contributed by atoms with Gasteiger partial charge in [0.1, 0.15) is 12.4 Å². The molecule has 0 amide bonds. The summed E-state index contributed by atoms with van der Waals surface area (Å²) in [4.78, 5) is 10.5. The Kier molecular flexibility index (Phi) is 4.82. The zero-order chi connectivity index (χ0) is 14.5. The monoisotopic (exact) mass is 311 g/mol. The average Bonchev–Trinajstić information content (AvgIpc) is 2.46. The van der Waals surface area contributed by atoms with Gasteiger partial charge in [0.15, 0.2) is 0 Å². The highest BCUT2D eigenvalue weighted by Gasteiger charge is 2.13. The van der Waals surface area contributed by atoms with Gasteiger partial charge in [-0.15, -0.1) is 11.6 Å². The van der Waals surface area contributed by atoms with E-state index in [4.69, 9.17) is 27.9 Å². The summed E-state index contributed by atoms with van der Waals surface area (Å²) < 4.78 is 5.53. The van der Waals surface area contributed by atoms with Gasteiger partial charge in [0, 0.05) is 11.9 Å². The third-order valence-corrected chi connectivity index (χ3v) is 3.33. The van der Waals surface area contributed by atoms with Gasteiger partial charge in [-0.25, -0.2) is 0 Å². The lowest BCUT2D eigenvalue weighted by Crippen LogP contribution is -2.00. The average molecular weight is 312 g/mol. The Hall–Kier alpha value is -1.78. The molecule has 0 fully saturated rings. The number of hydrogen-bond acceptors (Lipinski definition) is 3. The maximum atomic E-state index is 10.9. The van der Waals surface area contributed by atoms with Crippen molar-refractivity contribution in [1.29, 1.82) is 0 Å². The van der Waals surface area contributed by atoms with Gasteiger partial charge < -0.3 is 4.74 Å². The number of para-hydroxylation sites is 1. The van der Waals surface area contributed by atoms with E-state index in [1.807, 2.05) is 0 Å². The SMILES string of the molecule is O=[N+]([O-])c1ccccc1COc1ccc(CCl)cc1Cl. The van der Waals surface area contributed by atoms with Crippen molar-refractivity contribution >= 4 is 28.9 Å². The fourth-order valence-electron chi connectivity index (χ4n) is 1.71. The van der Waals surface area contributed by atoms with Crippen LogP contribution in [0.3, 0.4) is 0 Å². The minimum atomic E-state index is -0.434. The number of ether oxygens (including phenoxy) is 1. The maximum Gasteiger partial charge on any atom is 0.276 e. The molecule has 0 radical (unpaired) electrons. The first-order chi connectivity index (χ1) is 9.61. The summed E-state index contributed by atoms with van der Waals surface area (Å²) in [7, 11) is 0. The summed E-state index contributed by atoms with van der Waals surface area (Å²) in [5.74, 6) is 0.836. The van der Waals surface area contributed by atoms with Gasteiger partial charge >= 0.3 is 0 Å². The molecule has 4 nitrogen and oxygen atoms in total. The molecule has 0 aromatic heterocycles. The van der Waals surface area contributed by atoms with Crippen molar-refractivity contribution in [1.82, 2.24) is 0 Å². The van der Waals surface area contributed by atoms with Gasteiger partial charge in [0.05, 0.1) is 15.5 Å². The molecule has 0 aliphatic rings. The summed E-state index contributed by atoms with van der Waals surface area (Å²) in [6.45, 7) is 0.0805. The third-order valence-electron chi connectivity index (χ3n) is 2.72. The van der Waals surface area contributed by atoms with Crippen LogP contribution in [0.15, 0.2) is 42.5 Å². The molecule has 6 heteroatoms. The topological polar surface area (TPSA) is 52.4 Å². The smallest absolute Gasteiger partial charge is 0.276 e. The minimum absolute atomic E-state index is 0.0287. The van der Waals surface area contributed by atoms with Crippen LogP contribution in [-0.4, -0.2) is 4.92 Å². The van der Waals surface area contributed by atoms with Crippen LogP contribution < -0.4 is 4.74 Å². The number of hydrogen-bond donors (Lipinski definition) is 0. The highest BCUT2D eigenvalue weighted by Crippen LogP contribution is 2.28. The standard InChI is InChI=1S/C14H11Cl2NO3/c15-8-10-5-6-14(12(16)7-10)20-9-11-3-1-2-4-13(11)17(18)19/h1-7H,8-9H2. The molecule has 0 heterocycles. The van der Waals surface area contributed by atoms with E-state index in [0.29, 0.717) is 22.2 Å². The van der Waals surface area contributed by atoms with Crippen molar-refractivity contribution in [3.8, 4) is 5.75 Å². The van der Waals surface area contributed by atoms with Crippen molar-refractivity contribution < 1.29 is 9.66 Å². The molecule has 104 valence electrons. The van der Waals surface area contributed by atoms with Crippen molar-refractivity contribution in [2.45, 2.75) is 12.5 Å². The molecule has 0 unspecified atom stereocenters. The van der Waals surface area contributed by atoms with E-state index in [1.165, 1.54) is 6.07 Å². The molecule has 0 N–H and O–H groups in total. The summed E-state index contributed by atoms with van der Waals surface area (Å²) >= 11 is 11.8. The number of rotatable bonds is 5. The summed E-state index contributed by atoms with van der Waals surface area (Å²) in [5, 5.41) is 11.3. The highest BCUT2D eigenvalue weighted by molar-refractivity contribution is 6.32. The number of nitrogens with zero attached hydrogens (tertiary/aromatic N) is 1. The lowest BCUT2D eigenvalue weighted by atomic mass is 10.2. The van der Waals surface area contributed by atoms with Crippen LogP contribution >= 0.6 is 23.2 Å². The van der Waals surface area contributed by atoms with Crippen LogP contribution in [0.4, 0.5) is 5.69 Å². The van der Waals surface area contributed by atoms with Gasteiger partial charge in [-0.2, -0.15) is 0 Å². The second-order valence-electron chi connectivity index (χ2n) is 4.07. The molecule has 0 aliphatic carbocycles. The molecule has 0 aliphatic heterocycles. The minimum Gasteiger partial charge on any atom is -0.487 e. The Morgan fingerprint density at radius 2 is 1.95 bits per heavy atom. The number of halogens is 2. The molecule has 0 saturated heterocycles. The van der Waals surface area contributed by atoms with Gasteiger partial charge in [0.2, 0.25) is 0 Å². The van der Waals surface area contributed by atoms with Gasteiger partial charge in [-0.1, -0.05) is 29.8 Å². The van der Waals surface area contributed by atoms with Crippen molar-refractivity contribution in [2.75, 3.05) is 0 Å². The largest absolute Gasteiger partial charge is 0.487 e. The summed E-state index contributed by atoms with van der Waals surface area (Å²) in [6, 6.07) is 11.6. The predicted molar refractivity (Wildman–Crippen MR) is 78.4 cm³/mol. The lowest BCUT2D eigenvalue weighted by Gasteiger charge is -2.09. The molecule has 2 aromatic carbocycles. The fourth-order valence-corrected chi connectivity index (χ4v) is 2.13. The van der Waals surface area contributed by atoms with Crippen molar-refractivity contribution in [2.24, 2.45) is 0 Å². The molecule has 0 spiro atoms. The zero-order valence-electron chi connectivity index (χ0n) is 10.4. The first-order valence-corrected chi connectivity index (χ1v) is 6.72. The van der Waals surface area contributed by atoms with Crippen LogP contribution in [0.1, 0.15) is 11.1 Å².